The van der Waals surface area contributed by atoms with E-state index in [0.717, 1.165) is 18.8 Å². The Hall–Kier alpha value is -2.78. The number of nitriles is 1. The van der Waals surface area contributed by atoms with Gasteiger partial charge in [0.2, 0.25) is 0 Å². The first-order valence-electron chi connectivity index (χ1n) is 8.35. The van der Waals surface area contributed by atoms with Crippen LogP contribution in [-0.4, -0.2) is 37.0 Å². The Balaban J connectivity index is 1.92. The number of nitrogens with zero attached hydrogens (tertiary/aromatic N) is 2. The van der Waals surface area contributed by atoms with Gasteiger partial charge in [0.25, 0.3) is 5.91 Å². The average molecular weight is 341 g/mol. The van der Waals surface area contributed by atoms with E-state index >= 15 is 0 Å². The summed E-state index contributed by atoms with van der Waals surface area (Å²) in [5.74, 6) is 0.989. The molecular weight excluding hydrogens is 318 g/mol. The Morgan fingerprint density at radius 3 is 2.68 bits per heavy atom. The molecule has 0 spiro atoms. The molecular formula is C19H23N3O3. The molecule has 1 aromatic heterocycles. The van der Waals surface area contributed by atoms with Gasteiger partial charge < -0.3 is 14.5 Å². The second kappa shape index (κ2) is 9.50. The highest BCUT2D eigenvalue weighted by molar-refractivity contribution is 5.77. The molecule has 2 aromatic rings. The van der Waals surface area contributed by atoms with Crippen LogP contribution in [0.15, 0.2) is 47.1 Å². The van der Waals surface area contributed by atoms with E-state index in [9.17, 15) is 4.79 Å². The number of nitrogens with one attached hydrogen (secondary N) is 1. The molecule has 1 heterocycles. The third-order valence-electron chi connectivity index (χ3n) is 3.98. The number of carbonyl (C=O) groups is 1. The number of hydrogen-bond acceptors (Lipinski definition) is 5. The molecule has 0 aliphatic heterocycles. The fourth-order valence-corrected chi connectivity index (χ4v) is 2.64. The molecule has 1 amide bonds. The smallest absolute Gasteiger partial charge is 0.258 e. The zero-order valence-electron chi connectivity index (χ0n) is 14.6. The molecule has 1 aromatic carbocycles. The third kappa shape index (κ3) is 5.10. The van der Waals surface area contributed by atoms with Gasteiger partial charge >= 0.3 is 0 Å². The summed E-state index contributed by atoms with van der Waals surface area (Å²) in [7, 11) is 0. The summed E-state index contributed by atoms with van der Waals surface area (Å²) in [6, 6.07) is 12.6. The lowest BCUT2D eigenvalue weighted by molar-refractivity contribution is -0.123. The van der Waals surface area contributed by atoms with E-state index in [2.05, 4.69) is 24.1 Å². The van der Waals surface area contributed by atoms with Crippen LogP contribution in [0.3, 0.4) is 0 Å². The summed E-state index contributed by atoms with van der Waals surface area (Å²) >= 11 is 0. The number of carbonyl (C=O) groups excluding carboxylic acids is 1. The van der Waals surface area contributed by atoms with E-state index < -0.39 is 0 Å². The molecule has 1 N–H and O–H groups in total. The number of furan rings is 1. The van der Waals surface area contributed by atoms with Crippen LogP contribution < -0.4 is 10.1 Å². The molecule has 0 saturated carbocycles. The number of benzene rings is 1. The summed E-state index contributed by atoms with van der Waals surface area (Å²) in [4.78, 5) is 14.3. The first-order valence-corrected chi connectivity index (χ1v) is 8.35. The van der Waals surface area contributed by atoms with Crippen molar-refractivity contribution in [3.63, 3.8) is 0 Å². The number of ether oxygens (including phenoxy) is 1. The van der Waals surface area contributed by atoms with Gasteiger partial charge in [-0.1, -0.05) is 26.0 Å². The topological polar surface area (TPSA) is 78.5 Å². The molecule has 0 bridgehead atoms. The molecule has 6 nitrogen and oxygen atoms in total. The minimum atomic E-state index is -0.239. The van der Waals surface area contributed by atoms with Crippen molar-refractivity contribution in [1.29, 1.82) is 5.26 Å². The average Bonchev–Trinajstić information content (AvgIpc) is 3.18. The van der Waals surface area contributed by atoms with E-state index in [-0.39, 0.29) is 18.6 Å². The third-order valence-corrected chi connectivity index (χ3v) is 3.98. The van der Waals surface area contributed by atoms with Crippen molar-refractivity contribution in [3.8, 4) is 11.8 Å². The Labute approximate surface area is 148 Å². The van der Waals surface area contributed by atoms with Gasteiger partial charge in [0, 0.05) is 6.54 Å². The minimum Gasteiger partial charge on any atom is -0.482 e. The fraction of sp³-hybridized carbons (Fsp3) is 0.368. The zero-order valence-corrected chi connectivity index (χ0v) is 14.6. The van der Waals surface area contributed by atoms with Crippen LogP contribution in [-0.2, 0) is 4.79 Å². The van der Waals surface area contributed by atoms with E-state index in [1.165, 1.54) is 0 Å². The number of para-hydroxylation sites is 1. The molecule has 132 valence electrons. The quantitative estimate of drug-likeness (QED) is 0.759. The van der Waals surface area contributed by atoms with Crippen molar-refractivity contribution in [3.05, 3.63) is 54.0 Å². The largest absolute Gasteiger partial charge is 0.482 e. The van der Waals surface area contributed by atoms with Gasteiger partial charge in [-0.3, -0.25) is 9.69 Å². The maximum Gasteiger partial charge on any atom is 0.258 e. The van der Waals surface area contributed by atoms with Crippen LogP contribution in [0.1, 0.15) is 31.2 Å². The second-order valence-electron chi connectivity index (χ2n) is 5.45. The maximum absolute atomic E-state index is 12.1. The number of likely N-dealkylation sites (N-methyl/N-ethyl adjacent to an activating group) is 1. The standard InChI is InChI=1S/C19H23N3O3/c1-3-22(4-2)16(18-10-7-11-24-18)13-21-19(23)14-25-17-9-6-5-8-15(17)12-20/h5-11,16H,3-4,13-14H2,1-2H3,(H,21,23). The van der Waals surface area contributed by atoms with Gasteiger partial charge in [-0.05, 0) is 37.4 Å². The highest BCUT2D eigenvalue weighted by atomic mass is 16.5. The Morgan fingerprint density at radius 2 is 2.04 bits per heavy atom. The molecule has 0 fully saturated rings. The Bertz CT molecular complexity index is 703. The lowest BCUT2D eigenvalue weighted by Crippen LogP contribution is -2.39. The van der Waals surface area contributed by atoms with Gasteiger partial charge in [0.1, 0.15) is 17.6 Å². The van der Waals surface area contributed by atoms with Gasteiger partial charge in [-0.15, -0.1) is 0 Å². The second-order valence-corrected chi connectivity index (χ2v) is 5.45. The first kappa shape index (κ1) is 18.6. The van der Waals surface area contributed by atoms with E-state index in [0.29, 0.717) is 17.9 Å². The molecule has 1 unspecified atom stereocenters. The summed E-state index contributed by atoms with van der Waals surface area (Å²) < 4.78 is 11.0. The summed E-state index contributed by atoms with van der Waals surface area (Å²) in [6.07, 6.45) is 1.63. The van der Waals surface area contributed by atoms with Crippen molar-refractivity contribution in [2.24, 2.45) is 0 Å². The maximum atomic E-state index is 12.1. The van der Waals surface area contributed by atoms with Gasteiger partial charge in [-0.2, -0.15) is 5.26 Å². The van der Waals surface area contributed by atoms with E-state index in [1.807, 2.05) is 18.2 Å². The van der Waals surface area contributed by atoms with Crippen molar-refractivity contribution in [2.75, 3.05) is 26.2 Å². The van der Waals surface area contributed by atoms with Crippen LogP contribution in [0, 0.1) is 11.3 Å². The molecule has 25 heavy (non-hydrogen) atoms. The monoisotopic (exact) mass is 341 g/mol. The molecule has 0 aliphatic carbocycles. The van der Waals surface area contributed by atoms with Crippen molar-refractivity contribution in [2.45, 2.75) is 19.9 Å². The van der Waals surface area contributed by atoms with Gasteiger partial charge in [-0.25, -0.2) is 0 Å². The van der Waals surface area contributed by atoms with Gasteiger partial charge in [0.15, 0.2) is 6.61 Å². The van der Waals surface area contributed by atoms with E-state index in [4.69, 9.17) is 14.4 Å². The predicted molar refractivity (Wildman–Crippen MR) is 94.0 cm³/mol. The van der Waals surface area contributed by atoms with Crippen molar-refractivity contribution in [1.82, 2.24) is 10.2 Å². The van der Waals surface area contributed by atoms with E-state index in [1.54, 1.807) is 30.5 Å². The highest BCUT2D eigenvalue weighted by Crippen LogP contribution is 2.20. The number of rotatable bonds is 9. The van der Waals surface area contributed by atoms with Crippen LogP contribution in [0.5, 0.6) is 5.75 Å². The van der Waals surface area contributed by atoms with Crippen LogP contribution in [0.4, 0.5) is 0 Å². The summed E-state index contributed by atoms with van der Waals surface area (Å²) in [6.45, 7) is 6.14. The number of hydrogen-bond donors (Lipinski definition) is 1. The molecule has 0 aliphatic rings. The van der Waals surface area contributed by atoms with Crippen LogP contribution in [0.2, 0.25) is 0 Å². The van der Waals surface area contributed by atoms with Crippen LogP contribution >= 0.6 is 0 Å². The van der Waals surface area contributed by atoms with Crippen LogP contribution in [0.25, 0.3) is 0 Å². The predicted octanol–water partition coefficient (Wildman–Crippen LogP) is 2.73. The molecule has 6 heteroatoms. The summed E-state index contributed by atoms with van der Waals surface area (Å²) in [5, 5.41) is 11.9. The van der Waals surface area contributed by atoms with Crippen molar-refractivity contribution >= 4 is 5.91 Å². The zero-order chi connectivity index (χ0) is 18.1. The SMILES string of the molecule is CCN(CC)C(CNC(=O)COc1ccccc1C#N)c1ccco1. The number of amides is 1. The molecule has 0 radical (unpaired) electrons. The first-order chi connectivity index (χ1) is 12.2. The van der Waals surface area contributed by atoms with Gasteiger partial charge in [0.05, 0.1) is 17.9 Å². The molecule has 1 atom stereocenters. The normalized spacial score (nSPS) is 11.8. The fourth-order valence-electron chi connectivity index (χ4n) is 2.64. The Morgan fingerprint density at radius 1 is 1.28 bits per heavy atom. The molecule has 2 rings (SSSR count). The Kier molecular flexibility index (Phi) is 7.05. The highest BCUT2D eigenvalue weighted by Gasteiger charge is 2.21. The molecule has 0 saturated heterocycles. The van der Waals surface area contributed by atoms with Crippen molar-refractivity contribution < 1.29 is 13.9 Å². The lowest BCUT2D eigenvalue weighted by atomic mass is 10.2. The minimum absolute atomic E-state index is 0.0275. The summed E-state index contributed by atoms with van der Waals surface area (Å²) in [5.41, 5.74) is 0.409. The lowest BCUT2D eigenvalue weighted by Gasteiger charge is -2.28.